The summed E-state index contributed by atoms with van der Waals surface area (Å²) in [6.45, 7) is 9.95. The minimum atomic E-state index is -0.132. The maximum absolute atomic E-state index is 9.55. The van der Waals surface area contributed by atoms with Gasteiger partial charge in [-0.3, -0.25) is 0 Å². The fourth-order valence-electron chi connectivity index (χ4n) is 2.43. The van der Waals surface area contributed by atoms with Crippen LogP contribution >= 0.6 is 12.6 Å². The van der Waals surface area contributed by atoms with Crippen molar-refractivity contribution in [3.63, 3.8) is 0 Å². The lowest BCUT2D eigenvalue weighted by Gasteiger charge is -2.35. The number of hydrogen-bond acceptors (Lipinski definition) is 3. The Morgan fingerprint density at radius 2 is 1.81 bits per heavy atom. The summed E-state index contributed by atoms with van der Waals surface area (Å²) in [5.74, 6) is 2.91. The lowest BCUT2D eigenvalue weighted by Crippen LogP contribution is -2.40. The maximum atomic E-state index is 9.55. The predicted molar refractivity (Wildman–Crippen MR) is 73.0 cm³/mol. The number of hydrogen-bond donors (Lipinski definition) is 2. The Bertz CT molecular complexity index is 188. The van der Waals surface area contributed by atoms with Gasteiger partial charge in [0.2, 0.25) is 0 Å². The highest BCUT2D eigenvalue weighted by Crippen LogP contribution is 2.23. The molecule has 0 saturated carbocycles. The summed E-state index contributed by atoms with van der Waals surface area (Å²) in [4.78, 5) is 2.54. The van der Waals surface area contributed by atoms with Gasteiger partial charge in [0.25, 0.3) is 0 Å². The van der Waals surface area contributed by atoms with Crippen LogP contribution in [0.4, 0.5) is 0 Å². The molecule has 1 heterocycles. The topological polar surface area (TPSA) is 23.5 Å². The molecule has 1 saturated heterocycles. The van der Waals surface area contributed by atoms with Crippen LogP contribution in [0.25, 0.3) is 0 Å². The normalized spacial score (nSPS) is 23.6. The summed E-state index contributed by atoms with van der Waals surface area (Å²) in [6, 6.07) is 0. The van der Waals surface area contributed by atoms with Crippen LogP contribution in [-0.4, -0.2) is 41.5 Å². The standard InChI is InChI=1S/C13H27NOS/c1-10(2)13(9-16)8-14-6-4-12(5-7-14)11(3)15/h10-13,15-16H,4-9H2,1-3H3. The van der Waals surface area contributed by atoms with Crippen LogP contribution < -0.4 is 0 Å². The average Bonchev–Trinajstić information content (AvgIpc) is 2.26. The molecule has 2 unspecified atom stereocenters. The van der Waals surface area contributed by atoms with Gasteiger partial charge in [-0.1, -0.05) is 13.8 Å². The van der Waals surface area contributed by atoms with Gasteiger partial charge in [-0.25, -0.2) is 0 Å². The van der Waals surface area contributed by atoms with Crippen molar-refractivity contribution in [2.75, 3.05) is 25.4 Å². The van der Waals surface area contributed by atoms with E-state index in [0.29, 0.717) is 17.8 Å². The van der Waals surface area contributed by atoms with E-state index < -0.39 is 0 Å². The molecule has 0 aliphatic carbocycles. The van der Waals surface area contributed by atoms with Crippen LogP contribution in [-0.2, 0) is 0 Å². The minimum absolute atomic E-state index is 0.132. The molecule has 0 radical (unpaired) electrons. The highest BCUT2D eigenvalue weighted by atomic mass is 32.1. The summed E-state index contributed by atoms with van der Waals surface area (Å²) < 4.78 is 0. The zero-order chi connectivity index (χ0) is 12.1. The van der Waals surface area contributed by atoms with Crippen LogP contribution in [0.5, 0.6) is 0 Å². The van der Waals surface area contributed by atoms with Crippen LogP contribution in [0.2, 0.25) is 0 Å². The Morgan fingerprint density at radius 1 is 1.25 bits per heavy atom. The van der Waals surface area contributed by atoms with Gasteiger partial charge in [0.15, 0.2) is 0 Å². The molecule has 96 valence electrons. The van der Waals surface area contributed by atoms with Gasteiger partial charge in [0, 0.05) is 6.54 Å². The molecule has 0 aromatic heterocycles. The van der Waals surface area contributed by atoms with Crippen molar-refractivity contribution in [2.24, 2.45) is 17.8 Å². The summed E-state index contributed by atoms with van der Waals surface area (Å²) in [5, 5.41) is 9.55. The number of rotatable bonds is 5. The van der Waals surface area contributed by atoms with Crippen molar-refractivity contribution in [2.45, 2.75) is 39.7 Å². The monoisotopic (exact) mass is 245 g/mol. The fourth-order valence-corrected chi connectivity index (χ4v) is 2.97. The fraction of sp³-hybridized carbons (Fsp3) is 1.00. The number of nitrogens with zero attached hydrogens (tertiary/aromatic N) is 1. The molecule has 2 nitrogen and oxygen atoms in total. The number of aliphatic hydroxyl groups is 1. The first-order chi connectivity index (χ1) is 7.54. The second-order valence-corrected chi connectivity index (χ2v) is 5.93. The highest BCUT2D eigenvalue weighted by molar-refractivity contribution is 7.80. The Morgan fingerprint density at radius 3 is 2.19 bits per heavy atom. The molecule has 1 N–H and O–H groups in total. The van der Waals surface area contributed by atoms with E-state index in [9.17, 15) is 5.11 Å². The Hall–Kier alpha value is 0.270. The second-order valence-electron chi connectivity index (χ2n) is 5.57. The third-order valence-corrected chi connectivity index (χ3v) is 4.45. The van der Waals surface area contributed by atoms with E-state index in [2.05, 4.69) is 31.4 Å². The van der Waals surface area contributed by atoms with Crippen LogP contribution in [0, 0.1) is 17.8 Å². The van der Waals surface area contributed by atoms with E-state index in [0.717, 1.165) is 31.7 Å². The molecule has 16 heavy (non-hydrogen) atoms. The number of thiol groups is 1. The third-order valence-electron chi connectivity index (χ3n) is 3.98. The summed E-state index contributed by atoms with van der Waals surface area (Å²) >= 11 is 4.44. The number of piperidine rings is 1. The van der Waals surface area contributed by atoms with E-state index in [1.807, 2.05) is 6.92 Å². The molecule has 1 aliphatic rings. The van der Waals surface area contributed by atoms with Gasteiger partial charge < -0.3 is 10.0 Å². The first kappa shape index (κ1) is 14.3. The minimum Gasteiger partial charge on any atom is -0.393 e. The lowest BCUT2D eigenvalue weighted by atomic mass is 9.90. The molecule has 0 aromatic carbocycles. The van der Waals surface area contributed by atoms with E-state index in [1.165, 1.54) is 6.54 Å². The van der Waals surface area contributed by atoms with Crippen LogP contribution in [0.1, 0.15) is 33.6 Å². The molecule has 1 aliphatic heterocycles. The molecular formula is C13H27NOS. The maximum Gasteiger partial charge on any atom is 0.0541 e. The SMILES string of the molecule is CC(C)C(CS)CN1CCC(C(C)O)CC1. The second kappa shape index (κ2) is 6.87. The third kappa shape index (κ3) is 4.27. The van der Waals surface area contributed by atoms with Crippen molar-refractivity contribution < 1.29 is 5.11 Å². The Labute approximate surface area is 106 Å². The van der Waals surface area contributed by atoms with Crippen molar-refractivity contribution in [1.29, 1.82) is 0 Å². The van der Waals surface area contributed by atoms with Crippen molar-refractivity contribution in [3.8, 4) is 0 Å². The quantitative estimate of drug-likeness (QED) is 0.726. The van der Waals surface area contributed by atoms with Crippen molar-refractivity contribution in [3.05, 3.63) is 0 Å². The molecule has 3 heteroatoms. The average molecular weight is 245 g/mol. The van der Waals surface area contributed by atoms with Gasteiger partial charge in [0.1, 0.15) is 0 Å². The van der Waals surface area contributed by atoms with Gasteiger partial charge >= 0.3 is 0 Å². The van der Waals surface area contributed by atoms with E-state index in [4.69, 9.17) is 0 Å². The van der Waals surface area contributed by atoms with Crippen molar-refractivity contribution >= 4 is 12.6 Å². The van der Waals surface area contributed by atoms with Gasteiger partial charge in [0.05, 0.1) is 6.10 Å². The Balaban J connectivity index is 2.31. The largest absolute Gasteiger partial charge is 0.393 e. The van der Waals surface area contributed by atoms with Gasteiger partial charge in [-0.2, -0.15) is 12.6 Å². The summed E-state index contributed by atoms with van der Waals surface area (Å²) in [6.07, 6.45) is 2.16. The smallest absolute Gasteiger partial charge is 0.0541 e. The van der Waals surface area contributed by atoms with Crippen LogP contribution in [0.3, 0.4) is 0 Å². The number of aliphatic hydroxyl groups excluding tert-OH is 1. The first-order valence-electron chi connectivity index (χ1n) is 6.55. The van der Waals surface area contributed by atoms with Crippen LogP contribution in [0.15, 0.2) is 0 Å². The van der Waals surface area contributed by atoms with Crippen molar-refractivity contribution in [1.82, 2.24) is 4.90 Å². The summed E-state index contributed by atoms with van der Waals surface area (Å²) in [7, 11) is 0. The van der Waals surface area contributed by atoms with Gasteiger partial charge in [-0.15, -0.1) is 0 Å². The Kier molecular flexibility index (Phi) is 6.16. The zero-order valence-corrected chi connectivity index (χ0v) is 11.8. The first-order valence-corrected chi connectivity index (χ1v) is 7.19. The highest BCUT2D eigenvalue weighted by Gasteiger charge is 2.24. The molecule has 0 amide bonds. The predicted octanol–water partition coefficient (Wildman–Crippen LogP) is 2.28. The number of likely N-dealkylation sites (tertiary alicyclic amines) is 1. The van der Waals surface area contributed by atoms with E-state index in [-0.39, 0.29) is 6.10 Å². The van der Waals surface area contributed by atoms with Gasteiger partial charge in [-0.05, 0) is 56.4 Å². The lowest BCUT2D eigenvalue weighted by molar-refractivity contribution is 0.0650. The molecule has 2 atom stereocenters. The molecule has 1 fully saturated rings. The molecule has 0 spiro atoms. The molecule has 0 bridgehead atoms. The molecule has 0 aromatic rings. The van der Waals surface area contributed by atoms with E-state index >= 15 is 0 Å². The summed E-state index contributed by atoms with van der Waals surface area (Å²) in [5.41, 5.74) is 0. The molecular weight excluding hydrogens is 218 g/mol. The van der Waals surface area contributed by atoms with E-state index in [1.54, 1.807) is 0 Å². The zero-order valence-electron chi connectivity index (χ0n) is 10.9. The molecule has 1 rings (SSSR count).